The molecule has 186 valence electrons. The third-order valence-corrected chi connectivity index (χ3v) is 9.63. The van der Waals surface area contributed by atoms with Crippen LogP contribution in [-0.4, -0.2) is 42.9 Å². The summed E-state index contributed by atoms with van der Waals surface area (Å²) in [6.07, 6.45) is 3.65. The molecule has 1 unspecified atom stereocenters. The van der Waals surface area contributed by atoms with Crippen LogP contribution in [0.3, 0.4) is 0 Å². The van der Waals surface area contributed by atoms with Crippen molar-refractivity contribution in [2.24, 2.45) is 0 Å². The van der Waals surface area contributed by atoms with Crippen LogP contribution in [0.5, 0.6) is 11.5 Å². The number of carbonyl (C=O) groups is 1. The number of ketones is 1. The Kier molecular flexibility index (Phi) is 5.61. The number of nitrogens with zero attached hydrogens (tertiary/aromatic N) is 2. The van der Waals surface area contributed by atoms with Gasteiger partial charge >= 0.3 is 0 Å². The van der Waals surface area contributed by atoms with Crippen LogP contribution in [0.4, 0.5) is 0 Å². The van der Waals surface area contributed by atoms with Crippen LogP contribution in [0.1, 0.15) is 43.9 Å². The van der Waals surface area contributed by atoms with Gasteiger partial charge in [-0.05, 0) is 74.6 Å². The van der Waals surface area contributed by atoms with Crippen LogP contribution in [0.15, 0.2) is 65.6 Å². The molecule has 0 spiro atoms. The van der Waals surface area contributed by atoms with Gasteiger partial charge in [0.15, 0.2) is 11.5 Å². The van der Waals surface area contributed by atoms with Gasteiger partial charge in [-0.1, -0.05) is 24.3 Å². The van der Waals surface area contributed by atoms with Crippen molar-refractivity contribution in [3.63, 3.8) is 0 Å². The molecule has 3 heterocycles. The summed E-state index contributed by atoms with van der Waals surface area (Å²) in [7, 11) is -3.50. The van der Waals surface area contributed by atoms with E-state index in [1.165, 1.54) is 0 Å². The second-order valence-corrected chi connectivity index (χ2v) is 11.8. The smallest absolute Gasteiger partial charge is 0.243 e. The number of rotatable bonds is 7. The Bertz CT molecular complexity index is 1430. The number of hydrogen-bond donors (Lipinski definition) is 0. The lowest BCUT2D eigenvalue weighted by Crippen LogP contribution is -2.33. The summed E-state index contributed by atoms with van der Waals surface area (Å²) in [5.41, 5.74) is 2.71. The van der Waals surface area contributed by atoms with Crippen molar-refractivity contribution in [1.29, 1.82) is 0 Å². The van der Waals surface area contributed by atoms with Crippen LogP contribution in [-0.2, 0) is 26.7 Å². The Morgan fingerprint density at radius 2 is 1.83 bits per heavy atom. The monoisotopic (exact) mass is 504 g/mol. The molecule has 3 aliphatic rings. The first-order valence-electron chi connectivity index (χ1n) is 12.4. The van der Waals surface area contributed by atoms with Gasteiger partial charge in [0.05, 0.1) is 16.0 Å². The van der Waals surface area contributed by atoms with Crippen molar-refractivity contribution in [3.05, 3.63) is 71.9 Å². The Morgan fingerprint density at radius 3 is 2.56 bits per heavy atom. The maximum Gasteiger partial charge on any atom is 0.243 e. The molecule has 2 aromatic carbocycles. The summed E-state index contributed by atoms with van der Waals surface area (Å²) in [6.45, 7) is 2.73. The standard InChI is InChI=1S/C28H28N2O5S/c1-19-4-3-15-30(19)36(32,33)23-10-7-20(8-11-23)24-6-2-5-22(29-24)17-27(31)28(13-14-28)21-9-12-25-26(16-21)35-18-34-25/h2,5-12,16,19H,3-4,13-15,17-18H2,1H3. The Morgan fingerprint density at radius 1 is 1.06 bits per heavy atom. The van der Waals surface area contributed by atoms with E-state index in [0.717, 1.165) is 36.8 Å². The third-order valence-electron chi connectivity index (χ3n) is 7.61. The summed E-state index contributed by atoms with van der Waals surface area (Å²) >= 11 is 0. The number of benzene rings is 2. The highest BCUT2D eigenvalue weighted by molar-refractivity contribution is 7.89. The first-order valence-corrected chi connectivity index (χ1v) is 13.8. The summed E-state index contributed by atoms with van der Waals surface area (Å²) in [4.78, 5) is 18.4. The topological polar surface area (TPSA) is 85.8 Å². The molecule has 1 saturated heterocycles. The highest BCUT2D eigenvalue weighted by Crippen LogP contribution is 2.51. The van der Waals surface area contributed by atoms with E-state index < -0.39 is 15.4 Å². The van der Waals surface area contributed by atoms with Gasteiger partial charge in [0.1, 0.15) is 5.78 Å². The van der Waals surface area contributed by atoms with Crippen LogP contribution in [0.2, 0.25) is 0 Å². The Labute approximate surface area is 211 Å². The lowest BCUT2D eigenvalue weighted by molar-refractivity contribution is -0.120. The molecule has 1 aromatic heterocycles. The van der Waals surface area contributed by atoms with Crippen molar-refractivity contribution < 1.29 is 22.7 Å². The average molecular weight is 505 g/mol. The second kappa shape index (κ2) is 8.71. The first-order chi connectivity index (χ1) is 17.4. The zero-order chi connectivity index (χ0) is 24.9. The van der Waals surface area contributed by atoms with Crippen molar-refractivity contribution in [2.45, 2.75) is 55.4 Å². The van der Waals surface area contributed by atoms with E-state index >= 15 is 0 Å². The van der Waals surface area contributed by atoms with Gasteiger partial charge in [0.25, 0.3) is 0 Å². The van der Waals surface area contributed by atoms with E-state index in [0.29, 0.717) is 34.3 Å². The van der Waals surface area contributed by atoms with Crippen LogP contribution in [0, 0.1) is 0 Å². The minimum Gasteiger partial charge on any atom is -0.454 e. The van der Waals surface area contributed by atoms with Crippen LogP contribution in [0.25, 0.3) is 11.3 Å². The molecule has 2 fully saturated rings. The predicted octanol–water partition coefficient (Wildman–Crippen LogP) is 4.49. The minimum atomic E-state index is -3.50. The summed E-state index contributed by atoms with van der Waals surface area (Å²) in [5, 5.41) is 0. The molecule has 8 heteroatoms. The van der Waals surface area contributed by atoms with Gasteiger partial charge in [-0.15, -0.1) is 0 Å². The molecule has 0 N–H and O–H groups in total. The van der Waals surface area contributed by atoms with E-state index in [4.69, 9.17) is 14.5 Å². The van der Waals surface area contributed by atoms with Gasteiger partial charge in [0, 0.05) is 30.3 Å². The zero-order valence-corrected chi connectivity index (χ0v) is 21.0. The van der Waals surface area contributed by atoms with Gasteiger partial charge in [-0.2, -0.15) is 4.31 Å². The van der Waals surface area contributed by atoms with Crippen molar-refractivity contribution >= 4 is 15.8 Å². The van der Waals surface area contributed by atoms with Gasteiger partial charge in [0.2, 0.25) is 16.8 Å². The molecule has 3 aromatic rings. The normalized spacial score (nSPS) is 20.4. The SMILES string of the molecule is CC1CCCN1S(=O)(=O)c1ccc(-c2cccc(CC(=O)C3(c4ccc5c(c4)OCO5)CC3)n2)cc1. The molecule has 1 saturated carbocycles. The van der Waals surface area contributed by atoms with Gasteiger partial charge in [-0.25, -0.2) is 8.42 Å². The molecule has 6 rings (SSSR count). The van der Waals surface area contributed by atoms with E-state index in [1.54, 1.807) is 28.6 Å². The fraction of sp³-hybridized carbons (Fsp3) is 0.357. The molecule has 0 radical (unpaired) electrons. The third kappa shape index (κ3) is 3.98. The molecular formula is C28H28N2O5S. The number of fused-ring (bicyclic) bond motifs is 1. The fourth-order valence-electron chi connectivity index (χ4n) is 5.32. The first kappa shape index (κ1) is 23.2. The second-order valence-electron chi connectivity index (χ2n) is 9.90. The van der Waals surface area contributed by atoms with Gasteiger partial charge in [-0.3, -0.25) is 9.78 Å². The van der Waals surface area contributed by atoms with Crippen molar-refractivity contribution in [3.8, 4) is 22.8 Å². The number of pyridine rings is 1. The number of aromatic nitrogens is 1. The molecule has 2 aliphatic heterocycles. The molecule has 36 heavy (non-hydrogen) atoms. The molecule has 7 nitrogen and oxygen atoms in total. The van der Waals surface area contributed by atoms with Gasteiger partial charge < -0.3 is 9.47 Å². The molecular weight excluding hydrogens is 476 g/mol. The lowest BCUT2D eigenvalue weighted by Gasteiger charge is -2.21. The highest BCUT2D eigenvalue weighted by Gasteiger charge is 2.51. The number of ether oxygens (including phenoxy) is 2. The number of carbonyl (C=O) groups excluding carboxylic acids is 1. The lowest BCUT2D eigenvalue weighted by atomic mass is 9.88. The maximum atomic E-state index is 13.4. The summed E-state index contributed by atoms with van der Waals surface area (Å²) in [5.74, 6) is 1.55. The van der Waals surface area contributed by atoms with E-state index in [-0.39, 0.29) is 25.0 Å². The summed E-state index contributed by atoms with van der Waals surface area (Å²) in [6, 6.07) is 18.3. The molecule has 1 aliphatic carbocycles. The van der Waals surface area contributed by atoms with Crippen molar-refractivity contribution in [2.75, 3.05) is 13.3 Å². The number of sulfonamides is 1. The van der Waals surface area contributed by atoms with Crippen LogP contribution >= 0.6 is 0 Å². The largest absolute Gasteiger partial charge is 0.454 e. The molecule has 0 bridgehead atoms. The van der Waals surface area contributed by atoms with Crippen LogP contribution < -0.4 is 9.47 Å². The summed E-state index contributed by atoms with van der Waals surface area (Å²) < 4.78 is 38.5. The van der Waals surface area contributed by atoms with E-state index in [9.17, 15) is 13.2 Å². The maximum absolute atomic E-state index is 13.4. The number of hydrogen-bond acceptors (Lipinski definition) is 6. The quantitative estimate of drug-likeness (QED) is 0.471. The Balaban J connectivity index is 1.20. The van der Waals surface area contributed by atoms with E-state index in [1.807, 2.05) is 43.3 Å². The number of Topliss-reactive ketones (excluding diaryl/α,β-unsaturated/α-hetero) is 1. The molecule has 0 amide bonds. The Hall–Kier alpha value is -3.23. The fourth-order valence-corrected chi connectivity index (χ4v) is 7.02. The minimum absolute atomic E-state index is 0.0259. The average Bonchev–Trinajstić information content (AvgIpc) is 3.36. The predicted molar refractivity (Wildman–Crippen MR) is 134 cm³/mol. The van der Waals surface area contributed by atoms with E-state index in [2.05, 4.69) is 0 Å². The van der Waals surface area contributed by atoms with Crippen molar-refractivity contribution in [1.82, 2.24) is 9.29 Å². The molecule has 1 atom stereocenters. The highest BCUT2D eigenvalue weighted by atomic mass is 32.2. The zero-order valence-electron chi connectivity index (χ0n) is 20.1.